The Kier molecular flexibility index (Phi) is 7.85. The first-order valence-corrected chi connectivity index (χ1v) is 8.24. The van der Waals surface area contributed by atoms with Crippen molar-refractivity contribution in [3.05, 3.63) is 29.8 Å². The zero-order valence-electron chi connectivity index (χ0n) is 14.5. The van der Waals surface area contributed by atoms with Gasteiger partial charge in [0, 0.05) is 24.5 Å². The van der Waals surface area contributed by atoms with Gasteiger partial charge in [0.25, 0.3) is 0 Å². The highest BCUT2D eigenvalue weighted by Gasteiger charge is 2.25. The number of halogens is 1. The Hall–Kier alpha value is -1.95. The number of hydrogen-bond acceptors (Lipinski definition) is 5. The van der Waals surface area contributed by atoms with Gasteiger partial charge in [-0.1, -0.05) is 12.1 Å². The fraction of sp³-hybridized carbons (Fsp3) is 0.529. The van der Waals surface area contributed by atoms with Crippen molar-refractivity contribution in [3.8, 4) is 0 Å². The van der Waals surface area contributed by atoms with E-state index >= 15 is 0 Å². The Balaban J connectivity index is 2.72. The molecule has 0 saturated heterocycles. The number of esters is 1. The van der Waals surface area contributed by atoms with Gasteiger partial charge < -0.3 is 20.1 Å². The summed E-state index contributed by atoms with van der Waals surface area (Å²) in [5.74, 6) is -0.00315. The average Bonchev–Trinajstić information content (AvgIpc) is 2.51. The van der Waals surface area contributed by atoms with Gasteiger partial charge in [0.1, 0.15) is 11.6 Å². The molecule has 7 heteroatoms. The van der Waals surface area contributed by atoms with Crippen LogP contribution in [-0.2, 0) is 20.7 Å². The molecule has 1 rings (SSSR count). The highest BCUT2D eigenvalue weighted by Crippen LogP contribution is 2.13. The van der Waals surface area contributed by atoms with Gasteiger partial charge in [-0.3, -0.25) is 0 Å². The minimum Gasteiger partial charge on any atom is -0.467 e. The third kappa shape index (κ3) is 7.55. The normalized spacial score (nSPS) is 12.2. The number of hydrogen-bond donors (Lipinski definition) is 2. The predicted molar refractivity (Wildman–Crippen MR) is 94.5 cm³/mol. The molecular weight excluding hydrogens is 332 g/mol. The summed E-state index contributed by atoms with van der Waals surface area (Å²) in [6.07, 6.45) is -0.347. The monoisotopic (exact) mass is 356 g/mol. The van der Waals surface area contributed by atoms with Gasteiger partial charge >= 0.3 is 12.1 Å². The molecule has 0 spiro atoms. The van der Waals surface area contributed by atoms with E-state index in [2.05, 4.69) is 10.6 Å². The zero-order chi connectivity index (χ0) is 18.2. The summed E-state index contributed by atoms with van der Waals surface area (Å²) in [4.78, 5) is 23.8. The summed E-state index contributed by atoms with van der Waals surface area (Å²) in [7, 11) is 1.28. The second-order valence-corrected chi connectivity index (χ2v) is 6.62. The van der Waals surface area contributed by atoms with E-state index in [1.54, 1.807) is 20.8 Å². The summed E-state index contributed by atoms with van der Waals surface area (Å²) in [6.45, 7) is 5.94. The van der Waals surface area contributed by atoms with Gasteiger partial charge in [-0.25, -0.2) is 9.59 Å². The molecule has 1 atom stereocenters. The number of alkyl halides is 1. The summed E-state index contributed by atoms with van der Waals surface area (Å²) < 4.78 is 9.94. The van der Waals surface area contributed by atoms with Crippen LogP contribution in [0.3, 0.4) is 0 Å². The molecule has 1 aromatic carbocycles. The van der Waals surface area contributed by atoms with E-state index in [0.29, 0.717) is 18.8 Å². The first-order valence-electron chi connectivity index (χ1n) is 7.71. The molecule has 0 radical (unpaired) electrons. The van der Waals surface area contributed by atoms with Crippen LogP contribution in [0.25, 0.3) is 0 Å². The topological polar surface area (TPSA) is 76.7 Å². The maximum atomic E-state index is 11.9. The lowest BCUT2D eigenvalue weighted by atomic mass is 10.1. The van der Waals surface area contributed by atoms with Crippen LogP contribution in [0.15, 0.2) is 24.3 Å². The number of carbonyl (C=O) groups excluding carboxylic acids is 2. The van der Waals surface area contributed by atoms with Gasteiger partial charge in [0.2, 0.25) is 0 Å². The third-order valence-electron chi connectivity index (χ3n) is 2.99. The van der Waals surface area contributed by atoms with E-state index in [-0.39, 0.29) is 0 Å². The van der Waals surface area contributed by atoms with E-state index in [4.69, 9.17) is 21.1 Å². The number of benzene rings is 1. The number of amides is 1. The predicted octanol–water partition coefficient (Wildman–Crippen LogP) is 2.95. The number of alkyl carbamates (subject to hydrolysis) is 1. The summed E-state index contributed by atoms with van der Waals surface area (Å²) in [6, 6.07) is 6.73. The number of methoxy groups -OCH3 is 1. The van der Waals surface area contributed by atoms with Crippen LogP contribution in [0, 0.1) is 0 Å². The lowest BCUT2D eigenvalue weighted by molar-refractivity contribution is -0.143. The maximum absolute atomic E-state index is 11.9. The lowest BCUT2D eigenvalue weighted by Crippen LogP contribution is -2.45. The van der Waals surface area contributed by atoms with E-state index in [1.165, 1.54) is 7.11 Å². The quantitative estimate of drug-likeness (QED) is 0.580. The van der Waals surface area contributed by atoms with Crippen LogP contribution in [0.5, 0.6) is 0 Å². The lowest BCUT2D eigenvalue weighted by Gasteiger charge is -2.22. The molecule has 6 nitrogen and oxygen atoms in total. The second-order valence-electron chi connectivity index (χ2n) is 6.24. The van der Waals surface area contributed by atoms with E-state index in [9.17, 15) is 9.59 Å². The molecule has 1 unspecified atom stereocenters. The molecule has 0 aliphatic heterocycles. The van der Waals surface area contributed by atoms with Gasteiger partial charge in [-0.05, 0) is 38.5 Å². The molecule has 0 heterocycles. The van der Waals surface area contributed by atoms with Crippen molar-refractivity contribution in [2.75, 3.05) is 24.9 Å². The Bertz CT molecular complexity index is 541. The molecule has 0 bridgehead atoms. The highest BCUT2D eigenvalue weighted by molar-refractivity contribution is 6.18. The number of ether oxygens (including phenoxy) is 2. The van der Waals surface area contributed by atoms with Crippen molar-refractivity contribution in [1.29, 1.82) is 0 Å². The molecule has 1 aromatic rings. The molecule has 0 saturated carbocycles. The van der Waals surface area contributed by atoms with E-state index in [1.807, 2.05) is 24.3 Å². The fourth-order valence-corrected chi connectivity index (χ4v) is 2.07. The molecule has 0 fully saturated rings. The SMILES string of the molecule is COC(=O)C(Cc1ccc(NCCCl)cc1)NC(=O)OC(C)(C)C. The Labute approximate surface area is 147 Å². The van der Waals surface area contributed by atoms with Crippen LogP contribution in [0.1, 0.15) is 26.3 Å². The minimum atomic E-state index is -0.813. The second kappa shape index (κ2) is 9.37. The highest BCUT2D eigenvalue weighted by atomic mass is 35.5. The summed E-state index contributed by atoms with van der Waals surface area (Å²) in [5, 5.41) is 5.71. The molecule has 0 aliphatic rings. The van der Waals surface area contributed by atoms with Gasteiger partial charge in [0.05, 0.1) is 7.11 Å². The molecule has 0 aliphatic carbocycles. The number of carbonyl (C=O) groups is 2. The van der Waals surface area contributed by atoms with Crippen LogP contribution in [-0.4, -0.2) is 43.2 Å². The number of nitrogens with one attached hydrogen (secondary N) is 2. The summed E-state index contributed by atoms with van der Waals surface area (Å²) in [5.41, 5.74) is 1.19. The van der Waals surface area contributed by atoms with E-state index < -0.39 is 23.7 Å². The first kappa shape index (κ1) is 20.1. The van der Waals surface area contributed by atoms with Crippen LogP contribution >= 0.6 is 11.6 Å². The van der Waals surface area contributed by atoms with Crippen molar-refractivity contribution in [3.63, 3.8) is 0 Å². The Morgan fingerprint density at radius 1 is 1.21 bits per heavy atom. The van der Waals surface area contributed by atoms with Crippen molar-refractivity contribution in [2.24, 2.45) is 0 Å². The van der Waals surface area contributed by atoms with E-state index in [0.717, 1.165) is 11.3 Å². The van der Waals surface area contributed by atoms with Gasteiger partial charge in [-0.2, -0.15) is 0 Å². The molecule has 1 amide bonds. The van der Waals surface area contributed by atoms with Crippen molar-refractivity contribution < 1.29 is 19.1 Å². The van der Waals surface area contributed by atoms with Crippen LogP contribution in [0.4, 0.5) is 10.5 Å². The largest absolute Gasteiger partial charge is 0.467 e. The third-order valence-corrected chi connectivity index (χ3v) is 3.18. The average molecular weight is 357 g/mol. The molecule has 134 valence electrons. The first-order chi connectivity index (χ1) is 11.2. The van der Waals surface area contributed by atoms with Crippen LogP contribution < -0.4 is 10.6 Å². The summed E-state index contributed by atoms with van der Waals surface area (Å²) >= 11 is 5.63. The van der Waals surface area contributed by atoms with Crippen molar-refractivity contribution >= 4 is 29.4 Å². The number of anilines is 1. The molecule has 2 N–H and O–H groups in total. The smallest absolute Gasteiger partial charge is 0.408 e. The zero-order valence-corrected chi connectivity index (χ0v) is 15.3. The Morgan fingerprint density at radius 3 is 2.33 bits per heavy atom. The van der Waals surface area contributed by atoms with Gasteiger partial charge in [-0.15, -0.1) is 11.6 Å². The standard InChI is InChI=1S/C17H25ClN2O4/c1-17(2,3)24-16(22)20-14(15(21)23-4)11-12-5-7-13(8-6-12)19-10-9-18/h5-8,14,19H,9-11H2,1-4H3,(H,20,22). The molecular formula is C17H25ClN2O4. The molecule has 24 heavy (non-hydrogen) atoms. The van der Waals surface area contributed by atoms with Crippen molar-refractivity contribution in [2.45, 2.75) is 38.8 Å². The fourth-order valence-electron chi connectivity index (χ4n) is 1.97. The van der Waals surface area contributed by atoms with Gasteiger partial charge in [0.15, 0.2) is 0 Å². The Morgan fingerprint density at radius 2 is 1.83 bits per heavy atom. The van der Waals surface area contributed by atoms with Crippen LogP contribution in [0.2, 0.25) is 0 Å². The maximum Gasteiger partial charge on any atom is 0.408 e. The minimum absolute atomic E-state index is 0.307. The molecule has 0 aromatic heterocycles. The number of rotatable bonds is 7. The van der Waals surface area contributed by atoms with Crippen molar-refractivity contribution in [1.82, 2.24) is 5.32 Å².